The van der Waals surface area contributed by atoms with Gasteiger partial charge in [0.25, 0.3) is 0 Å². The molecule has 0 aliphatic carbocycles. The minimum atomic E-state index is -1.45. The van der Waals surface area contributed by atoms with Crippen LogP contribution in [0.15, 0.2) is 119 Å². The lowest BCUT2D eigenvalue weighted by Gasteiger charge is -2.09. The van der Waals surface area contributed by atoms with E-state index in [-0.39, 0.29) is 10.6 Å². The van der Waals surface area contributed by atoms with Crippen LogP contribution in [0, 0.1) is 0 Å². The molecule has 0 spiro atoms. The number of hydrogen-bond donors (Lipinski definition) is 2. The van der Waals surface area contributed by atoms with Gasteiger partial charge >= 0.3 is 7.12 Å². The van der Waals surface area contributed by atoms with Crippen molar-refractivity contribution in [3.8, 4) is 33.8 Å². The van der Waals surface area contributed by atoms with Crippen molar-refractivity contribution in [2.24, 2.45) is 0 Å². The van der Waals surface area contributed by atoms with Crippen LogP contribution in [0.1, 0.15) is 0 Å². The van der Waals surface area contributed by atoms with Crippen LogP contribution in [0.4, 0.5) is 0 Å². The Bertz CT molecular complexity index is 1940. The van der Waals surface area contributed by atoms with Crippen LogP contribution >= 0.6 is 81.5 Å². The summed E-state index contributed by atoms with van der Waals surface area (Å²) in [5.41, 5.74) is 5.68. The molecular weight excluding hydrogens is 749 g/mol. The highest BCUT2D eigenvalue weighted by molar-refractivity contribution is 7.99. The molecule has 0 amide bonds. The van der Waals surface area contributed by atoms with Gasteiger partial charge in [-0.2, -0.15) is 0 Å². The molecule has 0 atom stereocenters. The summed E-state index contributed by atoms with van der Waals surface area (Å²) in [6, 6.07) is 34.0. The monoisotopic (exact) mass is 772 g/mol. The fraction of sp³-hybridized carbons (Fsp3) is 0.0588. The molecule has 14 heteroatoms. The van der Waals surface area contributed by atoms with Gasteiger partial charge in [0.1, 0.15) is 5.15 Å². The Balaban J connectivity index is 0.000000173. The highest BCUT2D eigenvalue weighted by Crippen LogP contribution is 2.33. The van der Waals surface area contributed by atoms with Crippen LogP contribution in [0.3, 0.4) is 0 Å². The molecule has 2 N–H and O–H groups in total. The smallest absolute Gasteiger partial charge is 0.423 e. The summed E-state index contributed by atoms with van der Waals surface area (Å²) in [7, 11) is -1.45. The molecule has 244 valence electrons. The minimum Gasteiger partial charge on any atom is -0.423 e. The molecule has 0 fully saturated rings. The van der Waals surface area contributed by atoms with Crippen molar-refractivity contribution in [2.45, 2.75) is 9.79 Å². The largest absolute Gasteiger partial charge is 0.489 e. The number of rotatable bonds is 6. The van der Waals surface area contributed by atoms with Crippen LogP contribution in [0.5, 0.6) is 0 Å². The van der Waals surface area contributed by atoms with Gasteiger partial charge in [-0.25, -0.2) is 19.9 Å². The Morgan fingerprint density at radius 1 is 0.521 bits per heavy atom. The molecule has 0 unspecified atom stereocenters. The molecule has 0 bridgehead atoms. The number of benzene rings is 4. The molecule has 2 heterocycles. The van der Waals surface area contributed by atoms with Crippen LogP contribution in [0.25, 0.3) is 33.8 Å². The van der Waals surface area contributed by atoms with E-state index >= 15 is 0 Å². The molecule has 0 aliphatic heterocycles. The third-order valence-corrected chi connectivity index (χ3v) is 9.02. The number of nitrogens with zero attached hydrogens (tertiary/aromatic N) is 4. The van der Waals surface area contributed by atoms with Gasteiger partial charge in [-0.15, -0.1) is 23.5 Å². The van der Waals surface area contributed by atoms with E-state index in [2.05, 4.69) is 19.9 Å². The maximum absolute atomic E-state index is 8.94. The fourth-order valence-corrected chi connectivity index (χ4v) is 6.38. The SMILES string of the molecule is CSc1ccc(Cl)cc1-c1cc(-c2ccccc2)nc(Cl)n1.CSc1ccc(Cl)cc1B(O)O.Clc1cc(-c2ccccc2)nc(Cl)n1. The molecule has 6 nitrogen and oxygen atoms in total. The maximum atomic E-state index is 8.94. The molecule has 48 heavy (non-hydrogen) atoms. The molecule has 0 radical (unpaired) electrons. The first-order chi connectivity index (χ1) is 23.1. The molecule has 0 saturated heterocycles. The van der Waals surface area contributed by atoms with E-state index in [0.29, 0.717) is 20.7 Å². The molecule has 0 aliphatic rings. The van der Waals surface area contributed by atoms with Crippen molar-refractivity contribution in [1.29, 1.82) is 0 Å². The second-order valence-electron chi connectivity index (χ2n) is 9.59. The first-order valence-electron chi connectivity index (χ1n) is 14.0. The van der Waals surface area contributed by atoms with Crippen molar-refractivity contribution in [2.75, 3.05) is 12.5 Å². The summed E-state index contributed by atoms with van der Waals surface area (Å²) in [5.74, 6) is 0. The van der Waals surface area contributed by atoms with E-state index in [9.17, 15) is 0 Å². The van der Waals surface area contributed by atoms with Crippen molar-refractivity contribution < 1.29 is 10.0 Å². The Hall–Kier alpha value is -2.83. The van der Waals surface area contributed by atoms with Crippen LogP contribution < -0.4 is 5.46 Å². The minimum absolute atomic E-state index is 0.163. The van der Waals surface area contributed by atoms with E-state index in [0.717, 1.165) is 43.6 Å². The summed E-state index contributed by atoms with van der Waals surface area (Å²) < 4.78 is 0. The van der Waals surface area contributed by atoms with Gasteiger partial charge in [-0.05, 0) is 83.6 Å². The number of halogens is 5. The third-order valence-electron chi connectivity index (χ3n) is 6.41. The zero-order valence-corrected chi connectivity index (χ0v) is 30.8. The molecule has 0 saturated carbocycles. The number of thioether (sulfide) groups is 2. The predicted molar refractivity (Wildman–Crippen MR) is 205 cm³/mol. The number of hydrogen-bond acceptors (Lipinski definition) is 8. The standard InChI is InChI=1S/C17H12Cl2N2S.C10H6Cl2N2.C7H8BClO2S/c1-22-16-8-7-12(18)9-13(16)15-10-14(20-17(19)21-15)11-5-3-2-4-6-11;11-9-6-8(13-10(12)14-9)7-4-2-1-3-5-7;1-12-7-3-2-5(9)4-6(7)8(10)11/h2-10H,1H3;1-6H;2-4,10-11H,1H3. The van der Waals surface area contributed by atoms with Gasteiger partial charge in [0.15, 0.2) is 0 Å². The van der Waals surface area contributed by atoms with Crippen LogP contribution in [0.2, 0.25) is 25.8 Å². The summed E-state index contributed by atoms with van der Waals surface area (Å²) in [6.07, 6.45) is 3.89. The van der Waals surface area contributed by atoms with Gasteiger partial charge in [-0.1, -0.05) is 95.5 Å². The topological polar surface area (TPSA) is 92.0 Å². The van der Waals surface area contributed by atoms with E-state index in [1.807, 2.05) is 97.4 Å². The molecule has 4 aromatic carbocycles. The van der Waals surface area contributed by atoms with Gasteiger partial charge in [0.05, 0.1) is 17.1 Å². The predicted octanol–water partition coefficient (Wildman–Crippen LogP) is 10.0. The quantitative estimate of drug-likeness (QED) is 0.0748. The average molecular weight is 775 g/mol. The zero-order valence-electron chi connectivity index (χ0n) is 25.4. The number of aromatic nitrogens is 4. The van der Waals surface area contributed by atoms with Gasteiger partial charge in [0.2, 0.25) is 10.6 Å². The van der Waals surface area contributed by atoms with Crippen molar-refractivity contribution in [3.05, 3.63) is 135 Å². The van der Waals surface area contributed by atoms with E-state index in [1.165, 1.54) is 11.8 Å². The fourth-order valence-electron chi connectivity index (χ4n) is 4.25. The van der Waals surface area contributed by atoms with Gasteiger partial charge in [-0.3, -0.25) is 0 Å². The van der Waals surface area contributed by atoms with E-state index in [4.69, 9.17) is 68.1 Å². The normalized spacial score (nSPS) is 10.4. The Morgan fingerprint density at radius 2 is 1.00 bits per heavy atom. The highest BCUT2D eigenvalue weighted by atomic mass is 35.5. The van der Waals surface area contributed by atoms with E-state index < -0.39 is 7.12 Å². The summed E-state index contributed by atoms with van der Waals surface area (Å²) in [6.45, 7) is 0. The third kappa shape index (κ3) is 11.1. The van der Waals surface area contributed by atoms with Crippen molar-refractivity contribution >= 4 is 94.1 Å². The second-order valence-corrected chi connectivity index (χ2v) is 13.2. The first-order valence-corrected chi connectivity index (χ1v) is 18.3. The average Bonchev–Trinajstić information content (AvgIpc) is 3.09. The second kappa shape index (κ2) is 18.8. The molecular formula is C34H26BCl5N4O2S2. The Labute approximate surface area is 313 Å². The summed E-state index contributed by atoms with van der Waals surface area (Å²) in [4.78, 5) is 18.5. The highest BCUT2D eigenvalue weighted by Gasteiger charge is 2.15. The van der Waals surface area contributed by atoms with Gasteiger partial charge < -0.3 is 10.0 Å². The zero-order chi connectivity index (χ0) is 34.6. The Kier molecular flexibility index (Phi) is 14.9. The summed E-state index contributed by atoms with van der Waals surface area (Å²) >= 11 is 32.5. The van der Waals surface area contributed by atoms with Crippen LogP contribution in [-0.2, 0) is 0 Å². The molecule has 6 rings (SSSR count). The maximum Gasteiger partial charge on any atom is 0.489 e. The van der Waals surface area contributed by atoms with Crippen molar-refractivity contribution in [1.82, 2.24) is 19.9 Å². The molecule has 2 aromatic heterocycles. The lowest BCUT2D eigenvalue weighted by Crippen LogP contribution is -2.31. The van der Waals surface area contributed by atoms with Crippen molar-refractivity contribution in [3.63, 3.8) is 0 Å². The lowest BCUT2D eigenvalue weighted by molar-refractivity contribution is 0.425. The lowest BCUT2D eigenvalue weighted by atomic mass is 9.80. The van der Waals surface area contributed by atoms with Gasteiger partial charge in [0, 0.05) is 42.6 Å². The van der Waals surface area contributed by atoms with Crippen LogP contribution in [-0.4, -0.2) is 49.6 Å². The first kappa shape index (κ1) is 38.0. The molecule has 6 aromatic rings. The summed E-state index contributed by atoms with van der Waals surface area (Å²) in [5, 5.41) is 19.8. The Morgan fingerprint density at radius 3 is 1.52 bits per heavy atom. The van der Waals surface area contributed by atoms with E-state index in [1.54, 1.807) is 36.0 Å².